The van der Waals surface area contributed by atoms with Gasteiger partial charge in [0.1, 0.15) is 12.1 Å². The second-order valence-corrected chi connectivity index (χ2v) is 5.98. The van der Waals surface area contributed by atoms with E-state index >= 15 is 0 Å². The molecule has 1 fully saturated rings. The molecule has 148 valence electrons. The highest BCUT2D eigenvalue weighted by molar-refractivity contribution is 5.86. The fourth-order valence-electron chi connectivity index (χ4n) is 2.69. The van der Waals surface area contributed by atoms with Crippen LogP contribution in [0.1, 0.15) is 49.5 Å². The van der Waals surface area contributed by atoms with Gasteiger partial charge in [-0.15, -0.1) is 0 Å². The minimum Gasteiger partial charge on any atom is -0.481 e. The van der Waals surface area contributed by atoms with E-state index in [0.29, 0.717) is 12.8 Å². The van der Waals surface area contributed by atoms with E-state index in [1.807, 2.05) is 0 Å². The van der Waals surface area contributed by atoms with E-state index in [4.69, 9.17) is 25.6 Å². The summed E-state index contributed by atoms with van der Waals surface area (Å²) < 4.78 is 5.08. The van der Waals surface area contributed by atoms with Crippen molar-refractivity contribution in [3.63, 3.8) is 0 Å². The SMILES string of the molecule is N[C@@H](CC(=O)O)c1noc([C@@H]2CCCN2C(=O)N[C@@H](CC(=O)O)C(=O)O)n1. The number of nitrogens with two attached hydrogens (primary N) is 1. The van der Waals surface area contributed by atoms with E-state index in [2.05, 4.69) is 15.5 Å². The summed E-state index contributed by atoms with van der Waals surface area (Å²) in [5, 5.41) is 32.3. The van der Waals surface area contributed by atoms with Crippen LogP contribution in [0.2, 0.25) is 0 Å². The minimum atomic E-state index is -1.58. The number of carboxylic acid groups (broad SMARTS) is 3. The van der Waals surface area contributed by atoms with Gasteiger partial charge < -0.3 is 35.8 Å². The molecule has 0 unspecified atom stereocenters. The van der Waals surface area contributed by atoms with Gasteiger partial charge in [-0.2, -0.15) is 4.98 Å². The number of nitrogens with zero attached hydrogens (tertiary/aromatic N) is 3. The second kappa shape index (κ2) is 8.44. The maximum absolute atomic E-state index is 12.4. The lowest BCUT2D eigenvalue weighted by Crippen LogP contribution is -2.48. The summed E-state index contributed by atoms with van der Waals surface area (Å²) in [4.78, 5) is 50.2. The van der Waals surface area contributed by atoms with E-state index in [1.54, 1.807) is 0 Å². The van der Waals surface area contributed by atoms with Crippen LogP contribution in [-0.4, -0.2) is 66.9 Å². The van der Waals surface area contributed by atoms with Crippen LogP contribution in [0.4, 0.5) is 4.79 Å². The van der Waals surface area contributed by atoms with Crippen molar-refractivity contribution < 1.29 is 39.0 Å². The van der Waals surface area contributed by atoms with Crippen LogP contribution in [0.5, 0.6) is 0 Å². The van der Waals surface area contributed by atoms with Crippen LogP contribution in [0, 0.1) is 0 Å². The number of urea groups is 1. The number of carboxylic acids is 3. The lowest BCUT2D eigenvalue weighted by molar-refractivity contribution is -0.145. The van der Waals surface area contributed by atoms with Crippen LogP contribution >= 0.6 is 0 Å². The maximum Gasteiger partial charge on any atom is 0.326 e. The highest BCUT2D eigenvalue weighted by Gasteiger charge is 2.36. The van der Waals surface area contributed by atoms with Crippen molar-refractivity contribution >= 4 is 23.9 Å². The van der Waals surface area contributed by atoms with Crippen LogP contribution in [0.25, 0.3) is 0 Å². The van der Waals surface area contributed by atoms with Gasteiger partial charge in [0, 0.05) is 6.54 Å². The molecule has 27 heavy (non-hydrogen) atoms. The third kappa shape index (κ3) is 5.13. The molecule has 1 saturated heterocycles. The van der Waals surface area contributed by atoms with Crippen LogP contribution in [-0.2, 0) is 14.4 Å². The highest BCUT2D eigenvalue weighted by Crippen LogP contribution is 2.31. The van der Waals surface area contributed by atoms with Crippen molar-refractivity contribution in [2.45, 2.75) is 43.8 Å². The molecule has 1 aromatic heterocycles. The molecule has 13 nitrogen and oxygen atoms in total. The lowest BCUT2D eigenvalue weighted by Gasteiger charge is -2.24. The topological polar surface area (TPSA) is 209 Å². The van der Waals surface area contributed by atoms with Gasteiger partial charge >= 0.3 is 23.9 Å². The first kappa shape index (κ1) is 20.1. The first-order valence-corrected chi connectivity index (χ1v) is 8.01. The zero-order chi connectivity index (χ0) is 20.1. The molecule has 6 N–H and O–H groups in total. The summed E-state index contributed by atoms with van der Waals surface area (Å²) in [6.07, 6.45) is -0.134. The van der Waals surface area contributed by atoms with Crippen molar-refractivity contribution in [1.29, 1.82) is 0 Å². The summed E-state index contributed by atoms with van der Waals surface area (Å²) in [5.41, 5.74) is 5.67. The van der Waals surface area contributed by atoms with Crippen LogP contribution in [0.15, 0.2) is 4.52 Å². The third-order valence-corrected chi connectivity index (χ3v) is 3.96. The van der Waals surface area contributed by atoms with Crippen molar-refractivity contribution in [2.75, 3.05) is 6.54 Å². The first-order chi connectivity index (χ1) is 12.7. The molecule has 0 bridgehead atoms. The first-order valence-electron chi connectivity index (χ1n) is 8.01. The lowest BCUT2D eigenvalue weighted by atomic mass is 10.2. The Bertz CT molecular complexity index is 735. The molecule has 0 radical (unpaired) electrons. The number of likely N-dealkylation sites (tertiary alicyclic amines) is 1. The van der Waals surface area contributed by atoms with Gasteiger partial charge in [0.15, 0.2) is 5.82 Å². The summed E-state index contributed by atoms with van der Waals surface area (Å²) in [6, 6.07) is -3.99. The monoisotopic (exact) mass is 385 g/mol. The Morgan fingerprint density at radius 1 is 1.22 bits per heavy atom. The second-order valence-electron chi connectivity index (χ2n) is 5.98. The van der Waals surface area contributed by atoms with Gasteiger partial charge in [-0.05, 0) is 12.8 Å². The fourth-order valence-corrected chi connectivity index (χ4v) is 2.69. The molecule has 0 saturated carbocycles. The van der Waals surface area contributed by atoms with Gasteiger partial charge in [0.25, 0.3) is 0 Å². The Balaban J connectivity index is 2.09. The number of hydrogen-bond acceptors (Lipinski definition) is 8. The predicted molar refractivity (Wildman–Crippen MR) is 84.4 cm³/mol. The number of hydrogen-bond donors (Lipinski definition) is 5. The molecule has 0 spiro atoms. The number of nitrogens with one attached hydrogen (secondary N) is 1. The van der Waals surface area contributed by atoms with Crippen molar-refractivity contribution in [2.24, 2.45) is 5.73 Å². The Labute approximate surface area is 152 Å². The van der Waals surface area contributed by atoms with Crippen molar-refractivity contribution in [3.05, 3.63) is 11.7 Å². The van der Waals surface area contributed by atoms with Crippen molar-refractivity contribution in [3.8, 4) is 0 Å². The van der Waals surface area contributed by atoms with Gasteiger partial charge in [-0.25, -0.2) is 9.59 Å². The molecule has 1 aliphatic heterocycles. The summed E-state index contributed by atoms with van der Waals surface area (Å²) in [5.74, 6) is -3.94. The van der Waals surface area contributed by atoms with E-state index in [9.17, 15) is 19.2 Å². The summed E-state index contributed by atoms with van der Waals surface area (Å²) >= 11 is 0. The average Bonchev–Trinajstić information content (AvgIpc) is 3.21. The molecule has 2 heterocycles. The molecular weight excluding hydrogens is 366 g/mol. The summed E-state index contributed by atoms with van der Waals surface area (Å²) in [6.45, 7) is 0.273. The number of carbonyl (C=O) groups is 4. The van der Waals surface area contributed by atoms with Gasteiger partial charge in [-0.1, -0.05) is 5.16 Å². The number of aromatic nitrogens is 2. The Kier molecular flexibility index (Phi) is 6.28. The molecule has 2 rings (SSSR count). The number of amides is 2. The van der Waals surface area contributed by atoms with Gasteiger partial charge in [-0.3, -0.25) is 9.59 Å². The molecule has 0 aromatic carbocycles. The van der Waals surface area contributed by atoms with Crippen LogP contribution < -0.4 is 11.1 Å². The molecular formula is C14H19N5O8. The van der Waals surface area contributed by atoms with E-state index in [1.165, 1.54) is 4.90 Å². The normalized spacial score (nSPS) is 18.7. The van der Waals surface area contributed by atoms with E-state index < -0.39 is 54.9 Å². The molecule has 2 amide bonds. The smallest absolute Gasteiger partial charge is 0.326 e. The van der Waals surface area contributed by atoms with Crippen molar-refractivity contribution in [1.82, 2.24) is 20.4 Å². The van der Waals surface area contributed by atoms with Gasteiger partial charge in [0.2, 0.25) is 5.89 Å². The number of rotatable bonds is 8. The molecule has 13 heteroatoms. The Morgan fingerprint density at radius 3 is 2.48 bits per heavy atom. The summed E-state index contributed by atoms with van der Waals surface area (Å²) in [7, 11) is 0. The molecule has 3 atom stereocenters. The average molecular weight is 385 g/mol. The number of aliphatic carboxylic acids is 3. The van der Waals surface area contributed by atoms with Crippen LogP contribution in [0.3, 0.4) is 0 Å². The Hall–Kier alpha value is -3.22. The molecule has 1 aromatic rings. The van der Waals surface area contributed by atoms with E-state index in [-0.39, 0.29) is 18.3 Å². The largest absolute Gasteiger partial charge is 0.481 e. The Morgan fingerprint density at radius 2 is 1.89 bits per heavy atom. The minimum absolute atomic E-state index is 0.0195. The fraction of sp³-hybridized carbons (Fsp3) is 0.571. The highest BCUT2D eigenvalue weighted by atomic mass is 16.5. The quantitative estimate of drug-likeness (QED) is 0.378. The van der Waals surface area contributed by atoms with E-state index in [0.717, 1.165) is 0 Å². The third-order valence-electron chi connectivity index (χ3n) is 3.96. The molecule has 0 aliphatic carbocycles. The standard InChI is InChI=1S/C14H19N5O8/c15-6(4-9(20)21)11-17-12(27-18-11)8-2-1-3-19(8)14(26)16-7(13(24)25)5-10(22)23/h6-8H,1-5,15H2,(H,16,26)(H,20,21)(H,22,23)(H,24,25)/t6-,7-,8-/m0/s1. The predicted octanol–water partition coefficient (Wildman–Crippen LogP) is -0.681. The molecule has 1 aliphatic rings. The maximum atomic E-state index is 12.4. The zero-order valence-corrected chi connectivity index (χ0v) is 14.1. The number of carbonyl (C=O) groups excluding carboxylic acids is 1. The zero-order valence-electron chi connectivity index (χ0n) is 14.1. The van der Waals surface area contributed by atoms with Gasteiger partial charge in [0.05, 0.1) is 18.9 Å².